The molecule has 0 aliphatic carbocycles. The van der Waals surface area contributed by atoms with E-state index in [2.05, 4.69) is 19.8 Å². The summed E-state index contributed by atoms with van der Waals surface area (Å²) in [5.41, 5.74) is 5.88. The molecule has 0 radical (unpaired) electrons. The maximum absolute atomic E-state index is 12.0. The normalized spacial score (nSPS) is 20.4. The van der Waals surface area contributed by atoms with Crippen molar-refractivity contribution < 1.29 is 13.2 Å². The fourth-order valence-corrected chi connectivity index (χ4v) is 4.02. The molecule has 0 saturated carbocycles. The molecule has 0 bridgehead atoms. The molecule has 2 aliphatic rings. The minimum Gasteiger partial charge on any atom is -0.378 e. The molecular weight excluding hydrogens is 332 g/mol. The Morgan fingerprint density at radius 3 is 2.12 bits per heavy atom. The maximum atomic E-state index is 12.0. The summed E-state index contributed by atoms with van der Waals surface area (Å²) in [5.74, 6) is 1.91. The second kappa shape index (κ2) is 7.08. The van der Waals surface area contributed by atoms with E-state index in [9.17, 15) is 8.42 Å². The van der Waals surface area contributed by atoms with Crippen LogP contribution >= 0.6 is 0 Å². The van der Waals surface area contributed by atoms with E-state index in [1.54, 1.807) is 6.92 Å². The van der Waals surface area contributed by atoms with Crippen molar-refractivity contribution in [3.05, 3.63) is 6.07 Å². The molecule has 24 heavy (non-hydrogen) atoms. The maximum Gasteiger partial charge on any atom is 0.223 e. The summed E-state index contributed by atoms with van der Waals surface area (Å²) in [7, 11) is -3.13. The van der Waals surface area contributed by atoms with Crippen molar-refractivity contribution in [2.24, 2.45) is 0 Å². The first kappa shape index (κ1) is 17.2. The van der Waals surface area contributed by atoms with E-state index in [-0.39, 0.29) is 11.7 Å². The standard InChI is InChI=1S/C14H24N6O3S/c1-2-24(21,22)20-5-3-18(4-6-20)12-11-13(17-14(15)16-12)19-7-9-23-10-8-19/h11H,2-10H2,1H3,(H2,15,16,17). The molecular formula is C14H24N6O3S. The van der Waals surface area contributed by atoms with Crippen LogP contribution in [0.5, 0.6) is 0 Å². The van der Waals surface area contributed by atoms with E-state index in [0.717, 1.165) is 24.7 Å². The number of anilines is 3. The van der Waals surface area contributed by atoms with Gasteiger partial charge < -0.3 is 20.3 Å². The van der Waals surface area contributed by atoms with Crippen LogP contribution in [0.4, 0.5) is 17.6 Å². The van der Waals surface area contributed by atoms with Crippen LogP contribution in [0.15, 0.2) is 6.07 Å². The third-order valence-electron chi connectivity index (χ3n) is 4.37. The van der Waals surface area contributed by atoms with Gasteiger partial charge in [0.1, 0.15) is 11.6 Å². The average molecular weight is 356 g/mol. The van der Waals surface area contributed by atoms with Gasteiger partial charge in [0, 0.05) is 45.3 Å². The van der Waals surface area contributed by atoms with Gasteiger partial charge in [-0.1, -0.05) is 0 Å². The molecule has 3 heterocycles. The van der Waals surface area contributed by atoms with Gasteiger partial charge in [0.2, 0.25) is 16.0 Å². The lowest BCUT2D eigenvalue weighted by Crippen LogP contribution is -2.49. The second-order valence-corrected chi connectivity index (χ2v) is 8.09. The van der Waals surface area contributed by atoms with Crippen LogP contribution in [-0.2, 0) is 14.8 Å². The van der Waals surface area contributed by atoms with Crippen LogP contribution in [0.1, 0.15) is 6.92 Å². The van der Waals surface area contributed by atoms with Crippen molar-refractivity contribution in [3.8, 4) is 0 Å². The summed E-state index contributed by atoms with van der Waals surface area (Å²) < 4.78 is 30.8. The van der Waals surface area contributed by atoms with E-state index < -0.39 is 10.0 Å². The average Bonchev–Trinajstić information content (AvgIpc) is 2.62. The van der Waals surface area contributed by atoms with Crippen molar-refractivity contribution in [3.63, 3.8) is 0 Å². The zero-order chi connectivity index (χ0) is 17.2. The molecule has 0 unspecified atom stereocenters. The second-order valence-electron chi connectivity index (χ2n) is 5.83. The van der Waals surface area contributed by atoms with Gasteiger partial charge in [0.05, 0.1) is 19.0 Å². The first-order valence-corrected chi connectivity index (χ1v) is 9.80. The van der Waals surface area contributed by atoms with Gasteiger partial charge >= 0.3 is 0 Å². The van der Waals surface area contributed by atoms with Gasteiger partial charge in [0.15, 0.2) is 0 Å². The lowest BCUT2D eigenvalue weighted by Gasteiger charge is -2.35. The largest absolute Gasteiger partial charge is 0.378 e. The number of nitrogens with two attached hydrogens (primary N) is 1. The highest BCUT2D eigenvalue weighted by Crippen LogP contribution is 2.22. The molecule has 0 atom stereocenters. The number of nitrogen functional groups attached to an aromatic ring is 1. The summed E-state index contributed by atoms with van der Waals surface area (Å²) in [6.45, 7) is 6.69. The van der Waals surface area contributed by atoms with Gasteiger partial charge in [-0.15, -0.1) is 0 Å². The minimum atomic E-state index is -3.13. The summed E-state index contributed by atoms with van der Waals surface area (Å²) >= 11 is 0. The van der Waals surface area contributed by atoms with E-state index in [1.807, 2.05) is 6.07 Å². The zero-order valence-electron chi connectivity index (χ0n) is 13.9. The Morgan fingerprint density at radius 1 is 1.04 bits per heavy atom. The zero-order valence-corrected chi connectivity index (χ0v) is 14.7. The third kappa shape index (κ3) is 3.70. The lowest BCUT2D eigenvalue weighted by atomic mass is 10.3. The van der Waals surface area contributed by atoms with Crippen LogP contribution in [0.3, 0.4) is 0 Å². The van der Waals surface area contributed by atoms with Gasteiger partial charge in [0.25, 0.3) is 0 Å². The quantitative estimate of drug-likeness (QED) is 0.760. The Morgan fingerprint density at radius 2 is 1.58 bits per heavy atom. The van der Waals surface area contributed by atoms with Crippen LogP contribution < -0.4 is 15.5 Å². The number of ether oxygens (including phenoxy) is 1. The highest BCUT2D eigenvalue weighted by molar-refractivity contribution is 7.89. The fourth-order valence-electron chi connectivity index (χ4n) is 2.93. The summed E-state index contributed by atoms with van der Waals surface area (Å²) in [6.07, 6.45) is 0. The number of sulfonamides is 1. The van der Waals surface area contributed by atoms with Crippen LogP contribution in [-0.4, -0.2) is 80.9 Å². The Labute approximate surface area is 142 Å². The number of nitrogens with zero attached hydrogens (tertiary/aromatic N) is 5. The predicted molar refractivity (Wildman–Crippen MR) is 92.7 cm³/mol. The molecule has 3 rings (SSSR count). The van der Waals surface area contributed by atoms with E-state index in [1.165, 1.54) is 4.31 Å². The van der Waals surface area contributed by atoms with Gasteiger partial charge in [-0.3, -0.25) is 0 Å². The van der Waals surface area contributed by atoms with E-state index in [0.29, 0.717) is 39.4 Å². The Hall–Kier alpha value is -1.65. The number of hydrogen-bond donors (Lipinski definition) is 1. The summed E-state index contributed by atoms with van der Waals surface area (Å²) in [4.78, 5) is 12.8. The first-order valence-electron chi connectivity index (χ1n) is 8.19. The molecule has 134 valence electrons. The van der Waals surface area contributed by atoms with Gasteiger partial charge in [-0.05, 0) is 6.92 Å². The van der Waals surface area contributed by atoms with Crippen molar-refractivity contribution in [1.29, 1.82) is 0 Å². The molecule has 2 aliphatic heterocycles. The lowest BCUT2D eigenvalue weighted by molar-refractivity contribution is 0.122. The Bertz CT molecular complexity index is 669. The highest BCUT2D eigenvalue weighted by atomic mass is 32.2. The summed E-state index contributed by atoms with van der Waals surface area (Å²) in [5, 5.41) is 0. The molecule has 2 N–H and O–H groups in total. The monoisotopic (exact) mass is 356 g/mol. The summed E-state index contributed by atoms with van der Waals surface area (Å²) in [6, 6.07) is 1.92. The fraction of sp³-hybridized carbons (Fsp3) is 0.714. The number of aromatic nitrogens is 2. The number of rotatable bonds is 4. The smallest absolute Gasteiger partial charge is 0.223 e. The molecule has 2 saturated heterocycles. The SMILES string of the molecule is CCS(=O)(=O)N1CCN(c2cc(N3CCOCC3)nc(N)n2)CC1. The van der Waals surface area contributed by atoms with Crippen LogP contribution in [0.2, 0.25) is 0 Å². The molecule has 2 fully saturated rings. The molecule has 1 aromatic heterocycles. The van der Waals surface area contributed by atoms with Gasteiger partial charge in [-0.25, -0.2) is 8.42 Å². The van der Waals surface area contributed by atoms with Crippen molar-refractivity contribution >= 4 is 27.6 Å². The molecule has 0 spiro atoms. The van der Waals surface area contributed by atoms with Crippen molar-refractivity contribution in [2.45, 2.75) is 6.92 Å². The van der Waals surface area contributed by atoms with E-state index in [4.69, 9.17) is 10.5 Å². The number of hydrogen-bond acceptors (Lipinski definition) is 8. The van der Waals surface area contributed by atoms with Crippen LogP contribution in [0, 0.1) is 0 Å². The minimum absolute atomic E-state index is 0.134. The first-order chi connectivity index (χ1) is 11.5. The number of morpholine rings is 1. The highest BCUT2D eigenvalue weighted by Gasteiger charge is 2.26. The molecule has 1 aromatic rings. The van der Waals surface area contributed by atoms with E-state index >= 15 is 0 Å². The van der Waals surface area contributed by atoms with Crippen molar-refractivity contribution in [1.82, 2.24) is 14.3 Å². The third-order valence-corrected chi connectivity index (χ3v) is 6.25. The molecule has 0 amide bonds. The Kier molecular flexibility index (Phi) is 5.07. The van der Waals surface area contributed by atoms with Gasteiger partial charge in [-0.2, -0.15) is 14.3 Å². The predicted octanol–water partition coefficient (Wildman–Crippen LogP) is -0.633. The molecule has 10 heteroatoms. The number of piperazine rings is 1. The Balaban J connectivity index is 1.72. The molecule has 9 nitrogen and oxygen atoms in total. The topological polar surface area (TPSA) is 105 Å². The van der Waals surface area contributed by atoms with Crippen molar-refractivity contribution in [2.75, 3.05) is 73.8 Å². The molecule has 0 aromatic carbocycles. The van der Waals surface area contributed by atoms with Crippen LogP contribution in [0.25, 0.3) is 0 Å².